The fourth-order valence-corrected chi connectivity index (χ4v) is 5.21. The van der Waals surface area contributed by atoms with Crippen molar-refractivity contribution in [1.82, 2.24) is 15.2 Å². The van der Waals surface area contributed by atoms with Crippen molar-refractivity contribution >= 4 is 17.6 Å². The summed E-state index contributed by atoms with van der Waals surface area (Å²) in [6.07, 6.45) is 4.19. The van der Waals surface area contributed by atoms with Crippen LogP contribution in [0.15, 0.2) is 60.9 Å². The summed E-state index contributed by atoms with van der Waals surface area (Å²) in [5, 5.41) is 3.11. The van der Waals surface area contributed by atoms with E-state index in [1.54, 1.807) is 11.1 Å². The quantitative estimate of drug-likeness (QED) is 0.419. The van der Waals surface area contributed by atoms with Crippen molar-refractivity contribution < 1.29 is 14.4 Å². The number of hydrogen-bond acceptors (Lipinski definition) is 4. The second kappa shape index (κ2) is 11.1. The molecule has 0 spiro atoms. The molecule has 37 heavy (non-hydrogen) atoms. The highest BCUT2D eigenvalue weighted by molar-refractivity contribution is 6.01. The van der Waals surface area contributed by atoms with Gasteiger partial charge >= 0.3 is 0 Å². The van der Waals surface area contributed by atoms with E-state index in [4.69, 9.17) is 0 Å². The van der Waals surface area contributed by atoms with Gasteiger partial charge in [-0.3, -0.25) is 19.4 Å². The van der Waals surface area contributed by atoms with Crippen LogP contribution < -0.4 is 5.32 Å². The molecule has 0 saturated carbocycles. The van der Waals surface area contributed by atoms with Gasteiger partial charge in [0.15, 0.2) is 0 Å². The number of nitrogens with zero attached hydrogens (tertiary/aromatic N) is 2. The first-order chi connectivity index (χ1) is 17.7. The van der Waals surface area contributed by atoms with Gasteiger partial charge in [0.25, 0.3) is 5.91 Å². The molecule has 3 aromatic rings. The molecule has 2 heterocycles. The summed E-state index contributed by atoms with van der Waals surface area (Å²) < 4.78 is 0. The van der Waals surface area contributed by atoms with Crippen LogP contribution in [0.1, 0.15) is 72.3 Å². The van der Waals surface area contributed by atoms with Crippen molar-refractivity contribution in [2.75, 3.05) is 0 Å². The lowest BCUT2D eigenvalue weighted by Gasteiger charge is -2.30. The zero-order chi connectivity index (χ0) is 26.7. The van der Waals surface area contributed by atoms with E-state index in [0.29, 0.717) is 18.5 Å². The van der Waals surface area contributed by atoms with E-state index in [2.05, 4.69) is 36.3 Å². The van der Waals surface area contributed by atoms with Crippen molar-refractivity contribution in [3.05, 3.63) is 88.7 Å². The van der Waals surface area contributed by atoms with Crippen LogP contribution in [0.3, 0.4) is 0 Å². The maximum atomic E-state index is 13.8. The summed E-state index contributed by atoms with van der Waals surface area (Å²) in [6.45, 7) is 10.1. The molecule has 1 aliphatic heterocycles. The van der Waals surface area contributed by atoms with Crippen molar-refractivity contribution in [2.45, 2.75) is 66.1 Å². The molecule has 0 aliphatic carbocycles. The molecule has 192 valence electrons. The summed E-state index contributed by atoms with van der Waals surface area (Å²) in [4.78, 5) is 45.3. The Labute approximate surface area is 219 Å². The first-order valence-corrected chi connectivity index (χ1v) is 12.9. The summed E-state index contributed by atoms with van der Waals surface area (Å²) in [5.74, 6) is -0.211. The number of benzene rings is 2. The number of carbonyl (C=O) groups excluding carboxylic acids is 3. The van der Waals surface area contributed by atoms with Crippen LogP contribution in [-0.4, -0.2) is 33.5 Å². The highest BCUT2D eigenvalue weighted by Crippen LogP contribution is 2.30. The number of aryl methyl sites for hydroxylation is 2. The van der Waals surface area contributed by atoms with Gasteiger partial charge in [0.2, 0.25) is 5.91 Å². The van der Waals surface area contributed by atoms with E-state index in [0.717, 1.165) is 33.4 Å². The molecule has 4 rings (SSSR count). The van der Waals surface area contributed by atoms with E-state index in [1.807, 2.05) is 56.4 Å². The van der Waals surface area contributed by atoms with Crippen LogP contribution in [-0.2, 0) is 16.1 Å². The fraction of sp³-hybridized carbons (Fsp3) is 0.355. The Morgan fingerprint density at radius 1 is 1.03 bits per heavy atom. The van der Waals surface area contributed by atoms with E-state index in [-0.39, 0.29) is 29.9 Å². The predicted octanol–water partition coefficient (Wildman–Crippen LogP) is 5.57. The third kappa shape index (κ3) is 5.79. The number of fused-ring (bicyclic) bond motifs is 1. The van der Waals surface area contributed by atoms with Crippen molar-refractivity contribution in [3.63, 3.8) is 0 Å². The molecule has 0 saturated heterocycles. The Balaban J connectivity index is 1.64. The number of hydrogen-bond donors (Lipinski definition) is 1. The number of carbonyl (C=O) groups is 3. The Morgan fingerprint density at radius 2 is 1.73 bits per heavy atom. The van der Waals surface area contributed by atoms with Gasteiger partial charge in [0, 0.05) is 36.5 Å². The monoisotopic (exact) mass is 497 g/mol. The Hall–Kier alpha value is -3.80. The molecule has 0 radical (unpaired) electrons. The maximum absolute atomic E-state index is 13.8. The number of rotatable bonds is 9. The first-order valence-electron chi connectivity index (χ1n) is 12.9. The van der Waals surface area contributed by atoms with Crippen molar-refractivity contribution in [3.8, 4) is 11.1 Å². The van der Waals surface area contributed by atoms with Crippen LogP contribution in [0.5, 0.6) is 0 Å². The number of nitrogens with one attached hydrogen (secondary N) is 1. The van der Waals surface area contributed by atoms with Gasteiger partial charge in [-0.05, 0) is 73.1 Å². The molecule has 1 aliphatic rings. The second-order valence-electron chi connectivity index (χ2n) is 10.5. The average molecular weight is 498 g/mol. The molecular weight excluding hydrogens is 462 g/mol. The van der Waals surface area contributed by atoms with E-state index < -0.39 is 12.1 Å². The lowest BCUT2D eigenvalue weighted by molar-refractivity contribution is -0.127. The standard InChI is InChI=1S/C31H35N3O3/c1-19(2)13-28(34-18-23-11-6-7-12-26(23)31(34)37)30(36)33-27(14-22(5)35)24-15-25(17-32-16-24)29-20(3)9-8-10-21(29)4/h6-12,15-17,19,27-28H,13-14,18H2,1-5H3,(H,33,36)/t27-,28+/m0/s1. The molecule has 6 heteroatoms. The smallest absolute Gasteiger partial charge is 0.255 e. The number of pyridine rings is 1. The molecule has 6 nitrogen and oxygen atoms in total. The number of aromatic nitrogens is 1. The largest absolute Gasteiger partial charge is 0.347 e. The van der Waals surface area contributed by atoms with E-state index >= 15 is 0 Å². The Morgan fingerprint density at radius 3 is 2.38 bits per heavy atom. The van der Waals surface area contributed by atoms with Gasteiger partial charge in [-0.2, -0.15) is 0 Å². The summed E-state index contributed by atoms with van der Waals surface area (Å²) >= 11 is 0. The minimum atomic E-state index is -0.635. The van der Waals surface area contributed by atoms with Crippen LogP contribution in [0.25, 0.3) is 11.1 Å². The van der Waals surface area contributed by atoms with Crippen LogP contribution in [0, 0.1) is 19.8 Å². The average Bonchev–Trinajstić information content (AvgIpc) is 3.18. The van der Waals surface area contributed by atoms with Crippen LogP contribution in [0.2, 0.25) is 0 Å². The molecular formula is C31H35N3O3. The highest BCUT2D eigenvalue weighted by atomic mass is 16.2. The normalized spacial score (nSPS) is 14.4. The molecule has 1 aromatic heterocycles. The highest BCUT2D eigenvalue weighted by Gasteiger charge is 2.37. The molecule has 0 fully saturated rings. The van der Waals surface area contributed by atoms with Gasteiger partial charge in [0.1, 0.15) is 11.8 Å². The van der Waals surface area contributed by atoms with Gasteiger partial charge in [-0.25, -0.2) is 0 Å². The summed E-state index contributed by atoms with van der Waals surface area (Å²) in [7, 11) is 0. The van der Waals surface area contributed by atoms with E-state index in [1.165, 1.54) is 6.92 Å². The van der Waals surface area contributed by atoms with Gasteiger partial charge in [-0.15, -0.1) is 0 Å². The third-order valence-corrected chi connectivity index (χ3v) is 6.96. The van der Waals surface area contributed by atoms with Gasteiger partial charge in [0.05, 0.1) is 6.04 Å². The fourth-order valence-electron chi connectivity index (χ4n) is 5.21. The molecule has 1 N–H and O–H groups in total. The van der Waals surface area contributed by atoms with Crippen molar-refractivity contribution in [2.24, 2.45) is 5.92 Å². The Bertz CT molecular complexity index is 1310. The SMILES string of the molecule is CC(=O)C[C@H](NC(=O)[C@@H](CC(C)C)N1Cc2ccccc2C1=O)c1cncc(-c2c(C)cccc2C)c1. The predicted molar refractivity (Wildman–Crippen MR) is 145 cm³/mol. The molecule has 0 unspecified atom stereocenters. The Kier molecular flexibility index (Phi) is 7.86. The first kappa shape index (κ1) is 26.3. The summed E-state index contributed by atoms with van der Waals surface area (Å²) in [6, 6.07) is 14.5. The molecule has 2 amide bonds. The molecule has 2 aromatic carbocycles. The lowest BCUT2D eigenvalue weighted by Crippen LogP contribution is -2.48. The maximum Gasteiger partial charge on any atom is 0.255 e. The van der Waals surface area contributed by atoms with Crippen molar-refractivity contribution in [1.29, 1.82) is 0 Å². The van der Waals surface area contributed by atoms with E-state index in [9.17, 15) is 14.4 Å². The van der Waals surface area contributed by atoms with Crippen LogP contribution >= 0.6 is 0 Å². The van der Waals surface area contributed by atoms with Gasteiger partial charge in [-0.1, -0.05) is 50.2 Å². The number of amides is 2. The minimum Gasteiger partial charge on any atom is -0.347 e. The zero-order valence-corrected chi connectivity index (χ0v) is 22.2. The molecule has 0 bridgehead atoms. The topological polar surface area (TPSA) is 79.4 Å². The zero-order valence-electron chi connectivity index (χ0n) is 22.2. The van der Waals surface area contributed by atoms with Crippen LogP contribution in [0.4, 0.5) is 0 Å². The second-order valence-corrected chi connectivity index (χ2v) is 10.5. The summed E-state index contributed by atoms with van der Waals surface area (Å²) in [5.41, 5.74) is 6.66. The third-order valence-electron chi connectivity index (χ3n) is 6.96. The lowest BCUT2D eigenvalue weighted by atomic mass is 9.94. The number of ketones is 1. The van der Waals surface area contributed by atoms with Gasteiger partial charge < -0.3 is 10.2 Å². The molecule has 2 atom stereocenters. The minimum absolute atomic E-state index is 0.0344. The number of Topliss-reactive ketones (excluding diaryl/α,β-unsaturated/α-hetero) is 1.